The predicted molar refractivity (Wildman–Crippen MR) is 71.2 cm³/mol. The largest absolute Gasteiger partial charge is 0.299 e. The molecule has 0 bridgehead atoms. The lowest BCUT2D eigenvalue weighted by atomic mass is 9.93. The van der Waals surface area contributed by atoms with E-state index in [0.29, 0.717) is 19.5 Å². The summed E-state index contributed by atoms with van der Waals surface area (Å²) in [5, 5.41) is 5.79. The van der Waals surface area contributed by atoms with Crippen LogP contribution >= 0.6 is 11.3 Å². The van der Waals surface area contributed by atoms with Crippen molar-refractivity contribution in [3.8, 4) is 12.3 Å². The fraction of sp³-hybridized carbons (Fsp3) is 0.538. The number of nitrogens with one attached hydrogen (secondary N) is 1. The molecule has 0 radical (unpaired) electrons. The summed E-state index contributed by atoms with van der Waals surface area (Å²) in [5.41, 5.74) is 1.08. The van der Waals surface area contributed by atoms with E-state index in [1.807, 2.05) is 5.38 Å². The summed E-state index contributed by atoms with van der Waals surface area (Å²) in [6.45, 7) is 7.08. The van der Waals surface area contributed by atoms with Gasteiger partial charge in [-0.25, -0.2) is 4.98 Å². The number of nitrogens with zero attached hydrogens (tertiary/aromatic N) is 1. The number of Topliss-reactive ketones (excluding diaryl/α,β-unsaturated/α-hetero) is 1. The second kappa shape index (κ2) is 5.95. The summed E-state index contributed by atoms with van der Waals surface area (Å²) >= 11 is 1.54. The van der Waals surface area contributed by atoms with Gasteiger partial charge in [0.2, 0.25) is 0 Å². The molecule has 1 aromatic heterocycles. The van der Waals surface area contributed by atoms with Crippen molar-refractivity contribution in [3.63, 3.8) is 0 Å². The SMILES string of the molecule is C#CCNCC(=O)Cc1nc(C(C)(C)C)cs1. The summed E-state index contributed by atoms with van der Waals surface area (Å²) in [5.74, 6) is 2.56. The molecule has 0 saturated carbocycles. The van der Waals surface area contributed by atoms with E-state index < -0.39 is 0 Å². The molecule has 0 aliphatic heterocycles. The van der Waals surface area contributed by atoms with Crippen LogP contribution in [0.3, 0.4) is 0 Å². The Balaban J connectivity index is 2.50. The van der Waals surface area contributed by atoms with Gasteiger partial charge in [0.15, 0.2) is 5.78 Å². The topological polar surface area (TPSA) is 42.0 Å². The molecule has 0 aliphatic rings. The highest BCUT2D eigenvalue weighted by atomic mass is 32.1. The van der Waals surface area contributed by atoms with Crippen LogP contribution < -0.4 is 5.32 Å². The van der Waals surface area contributed by atoms with E-state index in [4.69, 9.17) is 6.42 Å². The first-order chi connectivity index (χ1) is 7.93. The summed E-state index contributed by atoms with van der Waals surface area (Å²) in [6.07, 6.45) is 5.47. The van der Waals surface area contributed by atoms with Gasteiger partial charge in [0.25, 0.3) is 0 Å². The lowest BCUT2D eigenvalue weighted by Crippen LogP contribution is -2.24. The lowest BCUT2D eigenvalue weighted by Gasteiger charge is -2.14. The number of rotatable bonds is 5. The molecule has 1 rings (SSSR count). The number of hydrogen-bond donors (Lipinski definition) is 1. The van der Waals surface area contributed by atoms with Crippen LogP contribution in [0.4, 0.5) is 0 Å². The molecule has 4 heteroatoms. The van der Waals surface area contributed by atoms with E-state index in [9.17, 15) is 4.79 Å². The summed E-state index contributed by atoms with van der Waals surface area (Å²) < 4.78 is 0. The van der Waals surface area contributed by atoms with Crippen LogP contribution in [0.2, 0.25) is 0 Å². The molecule has 0 unspecified atom stereocenters. The van der Waals surface area contributed by atoms with Crippen LogP contribution in [0.1, 0.15) is 31.5 Å². The Bertz CT molecular complexity index is 423. The maximum absolute atomic E-state index is 11.6. The van der Waals surface area contributed by atoms with Crippen LogP contribution in [-0.2, 0) is 16.6 Å². The van der Waals surface area contributed by atoms with Gasteiger partial charge in [-0.3, -0.25) is 10.1 Å². The molecule has 0 atom stereocenters. The number of hydrogen-bond acceptors (Lipinski definition) is 4. The van der Waals surface area contributed by atoms with Gasteiger partial charge >= 0.3 is 0 Å². The number of aromatic nitrogens is 1. The van der Waals surface area contributed by atoms with Gasteiger partial charge < -0.3 is 0 Å². The summed E-state index contributed by atoms with van der Waals surface area (Å²) in [7, 11) is 0. The maximum Gasteiger partial charge on any atom is 0.153 e. The van der Waals surface area contributed by atoms with Gasteiger partial charge in [-0.2, -0.15) is 0 Å². The molecule has 0 aromatic carbocycles. The van der Waals surface area contributed by atoms with Crippen molar-refractivity contribution in [1.29, 1.82) is 0 Å². The van der Waals surface area contributed by atoms with Crippen molar-refractivity contribution in [1.82, 2.24) is 10.3 Å². The van der Waals surface area contributed by atoms with Crippen LogP contribution in [0.15, 0.2) is 5.38 Å². The first-order valence-electron chi connectivity index (χ1n) is 5.54. The van der Waals surface area contributed by atoms with Crippen molar-refractivity contribution in [2.45, 2.75) is 32.6 Å². The lowest BCUT2D eigenvalue weighted by molar-refractivity contribution is -0.117. The van der Waals surface area contributed by atoms with Gasteiger partial charge in [-0.05, 0) is 0 Å². The summed E-state index contributed by atoms with van der Waals surface area (Å²) in [4.78, 5) is 16.1. The Morgan fingerprint density at radius 1 is 1.59 bits per heavy atom. The zero-order chi connectivity index (χ0) is 12.9. The molecule has 0 spiro atoms. The maximum atomic E-state index is 11.6. The van der Waals surface area contributed by atoms with E-state index in [-0.39, 0.29) is 11.2 Å². The first-order valence-corrected chi connectivity index (χ1v) is 6.42. The fourth-order valence-corrected chi connectivity index (χ4v) is 2.29. The van der Waals surface area contributed by atoms with E-state index >= 15 is 0 Å². The van der Waals surface area contributed by atoms with Gasteiger partial charge in [0.05, 0.1) is 25.2 Å². The van der Waals surface area contributed by atoms with Crippen molar-refractivity contribution in [2.75, 3.05) is 13.1 Å². The third kappa shape index (κ3) is 4.68. The normalized spacial score (nSPS) is 11.2. The molecule has 1 heterocycles. The molecule has 92 valence electrons. The standard InChI is InChI=1S/C13H18N2OS/c1-5-6-14-8-10(16)7-12-15-11(9-17-12)13(2,3)4/h1,9,14H,6-8H2,2-4H3. The van der Waals surface area contributed by atoms with Crippen molar-refractivity contribution >= 4 is 17.1 Å². The molecule has 0 saturated heterocycles. The number of carbonyl (C=O) groups excluding carboxylic acids is 1. The molecule has 1 aromatic rings. The van der Waals surface area contributed by atoms with Crippen LogP contribution in [0.5, 0.6) is 0 Å². The Morgan fingerprint density at radius 3 is 2.82 bits per heavy atom. The highest BCUT2D eigenvalue weighted by Gasteiger charge is 2.18. The Morgan fingerprint density at radius 2 is 2.29 bits per heavy atom. The number of terminal acetylenes is 1. The Labute approximate surface area is 107 Å². The molecule has 0 aliphatic carbocycles. The zero-order valence-electron chi connectivity index (χ0n) is 10.5. The van der Waals surface area contributed by atoms with Crippen molar-refractivity contribution < 1.29 is 4.79 Å². The summed E-state index contributed by atoms with van der Waals surface area (Å²) in [6, 6.07) is 0. The van der Waals surface area contributed by atoms with Crippen molar-refractivity contribution in [2.24, 2.45) is 0 Å². The monoisotopic (exact) mass is 250 g/mol. The molecular weight excluding hydrogens is 232 g/mol. The minimum atomic E-state index is 0.0412. The average molecular weight is 250 g/mol. The number of ketones is 1. The predicted octanol–water partition coefficient (Wildman–Crippen LogP) is 1.77. The quantitative estimate of drug-likeness (QED) is 0.640. The molecule has 3 nitrogen and oxygen atoms in total. The third-order valence-corrected chi connectivity index (χ3v) is 3.07. The molecular formula is C13H18N2OS. The Kier molecular flexibility index (Phi) is 4.86. The van der Waals surface area contributed by atoms with Gasteiger partial charge in [0.1, 0.15) is 5.01 Å². The van der Waals surface area contributed by atoms with E-state index in [1.165, 1.54) is 0 Å². The molecule has 1 N–H and O–H groups in total. The van der Waals surface area contributed by atoms with Gasteiger partial charge in [-0.15, -0.1) is 17.8 Å². The van der Waals surface area contributed by atoms with Crippen LogP contribution in [0, 0.1) is 12.3 Å². The molecule has 0 fully saturated rings. The third-order valence-electron chi connectivity index (χ3n) is 2.22. The number of thiazole rings is 1. The fourth-order valence-electron chi connectivity index (χ4n) is 1.24. The van der Waals surface area contributed by atoms with Gasteiger partial charge in [0, 0.05) is 10.8 Å². The second-order valence-corrected chi connectivity index (χ2v) is 5.84. The van der Waals surface area contributed by atoms with Crippen molar-refractivity contribution in [3.05, 3.63) is 16.1 Å². The zero-order valence-corrected chi connectivity index (χ0v) is 11.4. The molecule has 0 amide bonds. The van der Waals surface area contributed by atoms with Crippen LogP contribution in [-0.4, -0.2) is 23.9 Å². The minimum absolute atomic E-state index is 0.0412. The Hall–Kier alpha value is -1.18. The highest BCUT2D eigenvalue weighted by Crippen LogP contribution is 2.23. The van der Waals surface area contributed by atoms with Crippen LogP contribution in [0.25, 0.3) is 0 Å². The molecule has 17 heavy (non-hydrogen) atoms. The second-order valence-electron chi connectivity index (χ2n) is 4.90. The average Bonchev–Trinajstić information content (AvgIpc) is 2.66. The van der Waals surface area contributed by atoms with E-state index in [2.05, 4.69) is 37.0 Å². The highest BCUT2D eigenvalue weighted by molar-refractivity contribution is 7.09. The van der Waals surface area contributed by atoms with E-state index in [0.717, 1.165) is 10.7 Å². The minimum Gasteiger partial charge on any atom is -0.299 e. The van der Waals surface area contributed by atoms with E-state index in [1.54, 1.807) is 11.3 Å². The number of carbonyl (C=O) groups is 1. The smallest absolute Gasteiger partial charge is 0.153 e. The van der Waals surface area contributed by atoms with Gasteiger partial charge in [-0.1, -0.05) is 26.7 Å². The first kappa shape index (κ1) is 13.9.